The summed E-state index contributed by atoms with van der Waals surface area (Å²) in [4.78, 5) is 17.8. The highest BCUT2D eigenvalue weighted by Gasteiger charge is 2.19. The first-order valence-electron chi connectivity index (χ1n) is 7.91. The molecule has 3 heterocycles. The van der Waals surface area contributed by atoms with E-state index >= 15 is 0 Å². The topological polar surface area (TPSA) is 64.9 Å². The van der Waals surface area contributed by atoms with Gasteiger partial charge in [-0.1, -0.05) is 29.8 Å². The summed E-state index contributed by atoms with van der Waals surface area (Å²) in [5.74, 6) is -0.163. The van der Waals surface area contributed by atoms with Crippen LogP contribution in [0.3, 0.4) is 0 Å². The van der Waals surface area contributed by atoms with E-state index in [2.05, 4.69) is 10.3 Å². The Hall–Kier alpha value is -1.93. The molecule has 25 heavy (non-hydrogen) atoms. The summed E-state index contributed by atoms with van der Waals surface area (Å²) in [7, 11) is 0. The molecular weight excluding hydrogens is 362 g/mol. The lowest BCUT2D eigenvalue weighted by atomic mass is 10.2. The molecular formula is C17H16ClN3O3S. The number of halogens is 1. The standard InChI is InChI=1S/C17H16ClN3O3S/c18-13-4-2-1-3-12(13)14-8-21-15(10-25-17(21)20-14)16(22)19-7-11-9-23-5-6-24-11/h1-4,8,10-11H,5-7,9H2,(H,19,22)/t11-/m0/s1. The molecule has 1 N–H and O–H groups in total. The summed E-state index contributed by atoms with van der Waals surface area (Å²) in [6.07, 6.45) is 1.73. The fourth-order valence-corrected chi connectivity index (χ4v) is 3.78. The Bertz CT molecular complexity index is 902. The van der Waals surface area contributed by atoms with Gasteiger partial charge < -0.3 is 14.8 Å². The quantitative estimate of drug-likeness (QED) is 0.759. The van der Waals surface area contributed by atoms with Crippen molar-refractivity contribution in [2.45, 2.75) is 6.10 Å². The van der Waals surface area contributed by atoms with Crippen molar-refractivity contribution in [3.63, 3.8) is 0 Å². The van der Waals surface area contributed by atoms with Crippen molar-refractivity contribution in [1.82, 2.24) is 14.7 Å². The second-order valence-electron chi connectivity index (χ2n) is 5.66. The normalized spacial score (nSPS) is 17.7. The van der Waals surface area contributed by atoms with Gasteiger partial charge in [0.15, 0.2) is 4.96 Å². The van der Waals surface area contributed by atoms with Gasteiger partial charge in [-0.2, -0.15) is 0 Å². The average Bonchev–Trinajstić information content (AvgIpc) is 3.21. The molecule has 8 heteroatoms. The van der Waals surface area contributed by atoms with Crippen LogP contribution in [-0.2, 0) is 9.47 Å². The summed E-state index contributed by atoms with van der Waals surface area (Å²) in [6.45, 7) is 2.09. The molecule has 2 aromatic heterocycles. The molecule has 130 valence electrons. The van der Waals surface area contributed by atoms with Crippen LogP contribution >= 0.6 is 22.9 Å². The molecule has 0 spiro atoms. The predicted molar refractivity (Wildman–Crippen MR) is 96.4 cm³/mol. The minimum Gasteiger partial charge on any atom is -0.376 e. The number of carbonyl (C=O) groups excluding carboxylic acids is 1. The monoisotopic (exact) mass is 377 g/mol. The number of fused-ring (bicyclic) bond motifs is 1. The van der Waals surface area contributed by atoms with Crippen LogP contribution in [-0.4, -0.2) is 47.8 Å². The number of hydrogen-bond donors (Lipinski definition) is 1. The maximum Gasteiger partial charge on any atom is 0.269 e. The van der Waals surface area contributed by atoms with Gasteiger partial charge in [-0.3, -0.25) is 9.20 Å². The number of carbonyl (C=O) groups is 1. The van der Waals surface area contributed by atoms with Gasteiger partial charge in [0.25, 0.3) is 5.91 Å². The Morgan fingerprint density at radius 2 is 2.28 bits per heavy atom. The van der Waals surface area contributed by atoms with Gasteiger partial charge in [0, 0.05) is 23.7 Å². The molecule has 1 aliphatic heterocycles. The molecule has 1 aliphatic rings. The number of imidazole rings is 1. The lowest BCUT2D eigenvalue weighted by Crippen LogP contribution is -2.39. The van der Waals surface area contributed by atoms with Crippen molar-refractivity contribution < 1.29 is 14.3 Å². The van der Waals surface area contributed by atoms with Crippen LogP contribution in [0.2, 0.25) is 5.02 Å². The van der Waals surface area contributed by atoms with E-state index < -0.39 is 0 Å². The van der Waals surface area contributed by atoms with Crippen LogP contribution < -0.4 is 5.32 Å². The first kappa shape index (κ1) is 16.5. The number of aromatic nitrogens is 2. The zero-order chi connectivity index (χ0) is 17.2. The summed E-state index contributed by atoms with van der Waals surface area (Å²) >= 11 is 7.66. The third kappa shape index (κ3) is 3.41. The van der Waals surface area contributed by atoms with E-state index in [0.29, 0.717) is 37.1 Å². The third-order valence-electron chi connectivity index (χ3n) is 3.97. The Balaban J connectivity index is 1.54. The number of rotatable bonds is 4. The molecule has 0 bridgehead atoms. The van der Waals surface area contributed by atoms with Gasteiger partial charge in [-0.15, -0.1) is 11.3 Å². The smallest absolute Gasteiger partial charge is 0.269 e. The van der Waals surface area contributed by atoms with Crippen molar-refractivity contribution in [3.05, 3.63) is 46.6 Å². The number of amides is 1. The zero-order valence-corrected chi connectivity index (χ0v) is 14.8. The maximum absolute atomic E-state index is 12.5. The Morgan fingerprint density at radius 1 is 1.40 bits per heavy atom. The minimum atomic E-state index is -0.163. The molecule has 6 nitrogen and oxygen atoms in total. The predicted octanol–water partition coefficient (Wildman–Crippen LogP) is 2.86. The first-order valence-corrected chi connectivity index (χ1v) is 9.17. The van der Waals surface area contributed by atoms with E-state index in [1.165, 1.54) is 11.3 Å². The van der Waals surface area contributed by atoms with E-state index in [1.54, 1.807) is 9.78 Å². The second kappa shape index (κ2) is 7.13. The number of hydrogen-bond acceptors (Lipinski definition) is 5. The molecule has 0 unspecified atom stereocenters. The Kier molecular flexibility index (Phi) is 4.72. The van der Waals surface area contributed by atoms with Gasteiger partial charge in [0.05, 0.1) is 36.6 Å². The van der Waals surface area contributed by atoms with Gasteiger partial charge >= 0.3 is 0 Å². The largest absolute Gasteiger partial charge is 0.376 e. The van der Waals surface area contributed by atoms with Gasteiger partial charge in [-0.05, 0) is 6.07 Å². The molecule has 1 saturated heterocycles. The molecule has 4 rings (SSSR count). The van der Waals surface area contributed by atoms with Gasteiger partial charge in [0.2, 0.25) is 0 Å². The van der Waals surface area contributed by atoms with Crippen LogP contribution in [0.15, 0.2) is 35.8 Å². The summed E-state index contributed by atoms with van der Waals surface area (Å²) in [5, 5.41) is 5.33. The van der Waals surface area contributed by atoms with Gasteiger partial charge in [0.1, 0.15) is 5.69 Å². The van der Waals surface area contributed by atoms with Gasteiger partial charge in [-0.25, -0.2) is 4.98 Å². The fraction of sp³-hybridized carbons (Fsp3) is 0.294. The number of thiazole rings is 1. The Morgan fingerprint density at radius 3 is 3.08 bits per heavy atom. The van der Waals surface area contributed by atoms with Crippen molar-refractivity contribution in [2.24, 2.45) is 0 Å². The molecule has 3 aromatic rings. The SMILES string of the molecule is O=C(NC[C@H]1COCCO1)c1csc2nc(-c3ccccc3Cl)cn12. The highest BCUT2D eigenvalue weighted by molar-refractivity contribution is 7.15. The van der Waals surface area contributed by atoms with Crippen LogP contribution in [0.5, 0.6) is 0 Å². The molecule has 1 aromatic carbocycles. The number of nitrogens with zero attached hydrogens (tertiary/aromatic N) is 2. The third-order valence-corrected chi connectivity index (χ3v) is 5.14. The number of ether oxygens (including phenoxy) is 2. The number of benzene rings is 1. The van der Waals surface area contributed by atoms with E-state index in [1.807, 2.05) is 30.5 Å². The molecule has 0 aliphatic carbocycles. The summed E-state index contributed by atoms with van der Waals surface area (Å²) in [5.41, 5.74) is 2.14. The van der Waals surface area contributed by atoms with Crippen LogP contribution in [0.1, 0.15) is 10.5 Å². The van der Waals surface area contributed by atoms with Crippen molar-refractivity contribution in [3.8, 4) is 11.3 Å². The maximum atomic E-state index is 12.5. The zero-order valence-electron chi connectivity index (χ0n) is 13.3. The van der Waals surface area contributed by atoms with Crippen LogP contribution in [0.25, 0.3) is 16.2 Å². The van der Waals surface area contributed by atoms with E-state index in [9.17, 15) is 4.79 Å². The molecule has 0 saturated carbocycles. The Labute approximate surface area is 153 Å². The van der Waals surface area contributed by atoms with Crippen LogP contribution in [0.4, 0.5) is 0 Å². The number of nitrogens with one attached hydrogen (secondary N) is 1. The van der Waals surface area contributed by atoms with Crippen molar-refractivity contribution >= 4 is 33.8 Å². The van der Waals surface area contributed by atoms with E-state index in [4.69, 9.17) is 21.1 Å². The highest BCUT2D eigenvalue weighted by Crippen LogP contribution is 2.29. The molecule has 1 amide bonds. The summed E-state index contributed by atoms with van der Waals surface area (Å²) in [6, 6.07) is 7.52. The van der Waals surface area contributed by atoms with Crippen LogP contribution in [0, 0.1) is 0 Å². The van der Waals surface area contributed by atoms with E-state index in [0.717, 1.165) is 16.2 Å². The van der Waals surface area contributed by atoms with Crippen molar-refractivity contribution in [1.29, 1.82) is 0 Å². The van der Waals surface area contributed by atoms with E-state index in [-0.39, 0.29) is 12.0 Å². The first-order chi connectivity index (χ1) is 12.2. The lowest BCUT2D eigenvalue weighted by Gasteiger charge is -2.22. The van der Waals surface area contributed by atoms with Crippen molar-refractivity contribution in [2.75, 3.05) is 26.4 Å². The highest BCUT2D eigenvalue weighted by atomic mass is 35.5. The lowest BCUT2D eigenvalue weighted by molar-refractivity contribution is -0.0855. The molecule has 1 fully saturated rings. The molecule has 0 radical (unpaired) electrons. The second-order valence-corrected chi connectivity index (χ2v) is 6.90. The molecule has 1 atom stereocenters. The fourth-order valence-electron chi connectivity index (χ4n) is 2.70. The average molecular weight is 378 g/mol. The summed E-state index contributed by atoms with van der Waals surface area (Å²) < 4.78 is 12.7. The minimum absolute atomic E-state index is 0.103.